The Labute approximate surface area is 234 Å². The van der Waals surface area contributed by atoms with Crippen molar-refractivity contribution in [3.8, 4) is 0 Å². The maximum atomic E-state index is 12.1. The lowest BCUT2D eigenvalue weighted by Crippen LogP contribution is -2.43. The Hall–Kier alpha value is -1.52. The van der Waals surface area contributed by atoms with Crippen molar-refractivity contribution in [2.75, 3.05) is 19.8 Å². The van der Waals surface area contributed by atoms with E-state index in [1.807, 2.05) is 0 Å². The fourth-order valence-corrected chi connectivity index (χ4v) is 4.56. The highest BCUT2D eigenvalue weighted by molar-refractivity contribution is 7.47. The molecule has 4 N–H and O–H groups in total. The molecule has 0 aliphatic rings. The molecule has 0 aromatic heterocycles. The van der Waals surface area contributed by atoms with Crippen LogP contribution in [0.25, 0.3) is 0 Å². The van der Waals surface area contributed by atoms with Crippen LogP contribution in [0.4, 0.5) is 0 Å². The molecule has 0 aromatic carbocycles. The lowest BCUT2D eigenvalue weighted by Gasteiger charge is -2.18. The van der Waals surface area contributed by atoms with Crippen LogP contribution in [-0.2, 0) is 32.7 Å². The molecule has 12 heteroatoms. The van der Waals surface area contributed by atoms with Gasteiger partial charge >= 0.3 is 19.8 Å². The third-order valence-corrected chi connectivity index (χ3v) is 7.10. The van der Waals surface area contributed by atoms with E-state index in [0.29, 0.717) is 12.8 Å². The number of ether oxygens (including phenoxy) is 1. The van der Waals surface area contributed by atoms with Crippen molar-refractivity contribution in [1.82, 2.24) is 5.32 Å². The molecular formula is C27H52NO10P. The van der Waals surface area contributed by atoms with Gasteiger partial charge in [0.2, 0.25) is 5.91 Å². The van der Waals surface area contributed by atoms with E-state index in [1.54, 1.807) is 0 Å². The smallest absolute Gasteiger partial charge is 0.472 e. The molecule has 39 heavy (non-hydrogen) atoms. The van der Waals surface area contributed by atoms with Crippen molar-refractivity contribution in [2.45, 2.75) is 135 Å². The number of carbonyl (C=O) groups is 3. The van der Waals surface area contributed by atoms with Gasteiger partial charge in [-0.1, -0.05) is 97.3 Å². The number of phosphoric acid groups is 1. The summed E-state index contributed by atoms with van der Waals surface area (Å²) >= 11 is 0. The van der Waals surface area contributed by atoms with Crippen LogP contribution in [-0.4, -0.2) is 64.9 Å². The number of esters is 1. The summed E-state index contributed by atoms with van der Waals surface area (Å²) in [6.07, 6.45) is 14.8. The number of aliphatic carboxylic acids is 1. The van der Waals surface area contributed by atoms with Crippen LogP contribution in [0.2, 0.25) is 0 Å². The molecule has 0 bridgehead atoms. The number of carboxylic acids is 1. The van der Waals surface area contributed by atoms with Crippen LogP contribution in [0.15, 0.2) is 0 Å². The molecule has 0 rings (SSSR count). The van der Waals surface area contributed by atoms with Gasteiger partial charge in [0.05, 0.1) is 13.2 Å². The Balaban J connectivity index is 4.10. The number of carboxylic acid groups (broad SMARTS) is 1. The molecule has 11 nitrogen and oxygen atoms in total. The first-order valence-electron chi connectivity index (χ1n) is 14.6. The molecule has 0 saturated heterocycles. The van der Waals surface area contributed by atoms with Crippen LogP contribution in [0.1, 0.15) is 123 Å². The highest BCUT2D eigenvalue weighted by atomic mass is 31.2. The second-order valence-electron chi connectivity index (χ2n) is 9.95. The quantitative estimate of drug-likeness (QED) is 0.0570. The Bertz CT molecular complexity index is 706. The van der Waals surface area contributed by atoms with Gasteiger partial charge in [0.1, 0.15) is 12.7 Å². The Morgan fingerprint density at radius 1 is 0.718 bits per heavy atom. The highest BCUT2D eigenvalue weighted by Gasteiger charge is 2.28. The summed E-state index contributed by atoms with van der Waals surface area (Å²) in [5.41, 5.74) is 0. The summed E-state index contributed by atoms with van der Waals surface area (Å²) in [4.78, 5) is 45.0. The summed E-state index contributed by atoms with van der Waals surface area (Å²) in [6, 6.07) is -1.53. The maximum Gasteiger partial charge on any atom is 0.472 e. The number of carbonyl (C=O) groups excluding carboxylic acids is 2. The predicted molar refractivity (Wildman–Crippen MR) is 148 cm³/mol. The number of unbranched alkanes of at least 4 members (excludes halogenated alkanes) is 13. The zero-order valence-corrected chi connectivity index (χ0v) is 24.8. The van der Waals surface area contributed by atoms with E-state index < -0.39 is 57.6 Å². The van der Waals surface area contributed by atoms with Gasteiger partial charge in [-0.25, -0.2) is 9.36 Å². The number of phosphoric ester groups is 1. The molecule has 0 radical (unpaired) electrons. The van der Waals surface area contributed by atoms with Gasteiger partial charge in [-0.2, -0.15) is 0 Å². The van der Waals surface area contributed by atoms with Gasteiger partial charge in [-0.15, -0.1) is 0 Å². The van der Waals surface area contributed by atoms with Crippen molar-refractivity contribution in [3.63, 3.8) is 0 Å². The number of nitrogens with one attached hydrogen (secondary N) is 1. The molecular weight excluding hydrogens is 529 g/mol. The van der Waals surface area contributed by atoms with Crippen molar-refractivity contribution in [2.24, 2.45) is 0 Å². The number of amides is 1. The largest absolute Gasteiger partial charge is 0.480 e. The summed E-state index contributed by atoms with van der Waals surface area (Å²) in [7, 11) is -4.72. The lowest BCUT2D eigenvalue weighted by atomic mass is 10.1. The molecule has 1 amide bonds. The molecule has 0 aliphatic heterocycles. The van der Waals surface area contributed by atoms with Crippen molar-refractivity contribution < 1.29 is 47.8 Å². The fraction of sp³-hybridized carbons (Fsp3) is 0.889. The zero-order valence-electron chi connectivity index (χ0n) is 23.9. The number of aliphatic hydroxyl groups excluding tert-OH is 1. The maximum absolute atomic E-state index is 12.1. The van der Waals surface area contributed by atoms with Gasteiger partial charge in [0.15, 0.2) is 6.04 Å². The zero-order chi connectivity index (χ0) is 29.4. The van der Waals surface area contributed by atoms with Gasteiger partial charge in [-0.3, -0.25) is 18.6 Å². The number of rotatable bonds is 27. The Morgan fingerprint density at radius 3 is 1.69 bits per heavy atom. The first-order valence-corrected chi connectivity index (χ1v) is 16.1. The van der Waals surface area contributed by atoms with Crippen LogP contribution >= 0.6 is 7.82 Å². The average Bonchev–Trinajstić information content (AvgIpc) is 2.89. The van der Waals surface area contributed by atoms with E-state index >= 15 is 0 Å². The molecule has 0 spiro atoms. The minimum Gasteiger partial charge on any atom is -0.480 e. The summed E-state index contributed by atoms with van der Waals surface area (Å²) in [6.45, 7) is 2.43. The standard InChI is InChI=1S/C27H52NO10P/c1-3-5-7-9-11-13-15-17-19-26(31)36-20-23(29)21-37-39(34,35)38-22-24(27(32)33)28-25(30)18-16-14-12-10-8-6-4-2/h23-24,29H,3-22H2,1-2H3,(H,28,30)(H,32,33)(H,34,35). The third-order valence-electron chi connectivity index (χ3n) is 6.15. The second-order valence-corrected chi connectivity index (χ2v) is 11.4. The van der Waals surface area contributed by atoms with Crippen LogP contribution in [0.5, 0.6) is 0 Å². The molecule has 3 unspecified atom stereocenters. The predicted octanol–water partition coefficient (Wildman–Crippen LogP) is 5.27. The minimum atomic E-state index is -4.72. The van der Waals surface area contributed by atoms with Gasteiger partial charge in [0, 0.05) is 12.8 Å². The SMILES string of the molecule is CCCCCCCCCCC(=O)OCC(O)COP(=O)(O)OCC(NC(=O)CCCCCCCCC)C(=O)O. The van der Waals surface area contributed by atoms with E-state index in [1.165, 1.54) is 32.1 Å². The van der Waals surface area contributed by atoms with E-state index in [-0.39, 0.29) is 12.8 Å². The molecule has 3 atom stereocenters. The molecule has 230 valence electrons. The van der Waals surface area contributed by atoms with Crippen molar-refractivity contribution in [3.05, 3.63) is 0 Å². The van der Waals surface area contributed by atoms with E-state index in [9.17, 15) is 34.1 Å². The van der Waals surface area contributed by atoms with Crippen molar-refractivity contribution >= 4 is 25.7 Å². The summed E-state index contributed by atoms with van der Waals surface area (Å²) in [5.74, 6) is -2.39. The second kappa shape index (κ2) is 24.3. The first kappa shape index (κ1) is 37.5. The molecule has 0 heterocycles. The number of hydrogen-bond donors (Lipinski definition) is 4. The van der Waals surface area contributed by atoms with E-state index in [2.05, 4.69) is 23.7 Å². The Kier molecular flexibility index (Phi) is 23.3. The topological polar surface area (TPSA) is 169 Å². The average molecular weight is 582 g/mol. The van der Waals surface area contributed by atoms with Crippen molar-refractivity contribution in [1.29, 1.82) is 0 Å². The highest BCUT2D eigenvalue weighted by Crippen LogP contribution is 2.43. The summed E-state index contributed by atoms with van der Waals surface area (Å²) in [5, 5.41) is 21.4. The van der Waals surface area contributed by atoms with Gasteiger partial charge in [0.25, 0.3) is 0 Å². The monoisotopic (exact) mass is 581 g/mol. The number of aliphatic hydroxyl groups is 1. The van der Waals surface area contributed by atoms with E-state index in [0.717, 1.165) is 51.4 Å². The minimum absolute atomic E-state index is 0.148. The van der Waals surface area contributed by atoms with Crippen LogP contribution in [0, 0.1) is 0 Å². The fourth-order valence-electron chi connectivity index (χ4n) is 3.78. The molecule has 0 aromatic rings. The van der Waals surface area contributed by atoms with Gasteiger partial charge < -0.3 is 25.2 Å². The van der Waals surface area contributed by atoms with Gasteiger partial charge in [-0.05, 0) is 12.8 Å². The van der Waals surface area contributed by atoms with E-state index in [4.69, 9.17) is 9.26 Å². The van der Waals surface area contributed by atoms with Crippen LogP contribution in [0.3, 0.4) is 0 Å². The lowest BCUT2D eigenvalue weighted by molar-refractivity contribution is -0.147. The molecule has 0 aliphatic carbocycles. The molecule has 0 fully saturated rings. The van der Waals surface area contributed by atoms with Crippen LogP contribution < -0.4 is 5.32 Å². The summed E-state index contributed by atoms with van der Waals surface area (Å²) < 4.78 is 26.4. The Morgan fingerprint density at radius 2 is 1.18 bits per heavy atom. The third kappa shape index (κ3) is 24.0. The first-order chi connectivity index (χ1) is 18.6. The molecule has 0 saturated carbocycles. The normalized spacial score (nSPS) is 14.4. The number of hydrogen-bond acceptors (Lipinski definition) is 8.